The van der Waals surface area contributed by atoms with E-state index >= 15 is 0 Å². The first kappa shape index (κ1) is 31.8. The van der Waals surface area contributed by atoms with Gasteiger partial charge in [-0.2, -0.15) is 0 Å². The molecule has 4 heterocycles. The van der Waals surface area contributed by atoms with E-state index in [0.29, 0.717) is 52.1 Å². The van der Waals surface area contributed by atoms with Crippen molar-refractivity contribution in [3.63, 3.8) is 0 Å². The van der Waals surface area contributed by atoms with Gasteiger partial charge in [0.05, 0.1) is 62.5 Å². The summed E-state index contributed by atoms with van der Waals surface area (Å²) in [5, 5.41) is 0. The Morgan fingerprint density at radius 1 is 0.689 bits per heavy atom. The van der Waals surface area contributed by atoms with Crippen LogP contribution in [0.2, 0.25) is 0 Å². The third-order valence-corrected chi connectivity index (χ3v) is 8.24. The molecule has 238 valence electrons. The van der Waals surface area contributed by atoms with Gasteiger partial charge >= 0.3 is 0 Å². The number of nitrogens with zero attached hydrogens (tertiary/aromatic N) is 4. The number of fused-ring (bicyclic) bond motifs is 4. The quantitative estimate of drug-likeness (QED) is 0.281. The number of aliphatic imine (C=N–C) groups is 2. The van der Waals surface area contributed by atoms with Gasteiger partial charge in [0.15, 0.2) is 23.0 Å². The zero-order valence-electron chi connectivity index (χ0n) is 27.0. The summed E-state index contributed by atoms with van der Waals surface area (Å²) in [6, 6.07) is 7.01. The van der Waals surface area contributed by atoms with E-state index in [4.69, 9.17) is 18.9 Å². The fourth-order valence-electron chi connectivity index (χ4n) is 5.86. The minimum atomic E-state index is -0.0553. The minimum Gasteiger partial charge on any atom is -0.493 e. The lowest BCUT2D eigenvalue weighted by Gasteiger charge is -2.19. The predicted molar refractivity (Wildman–Crippen MR) is 175 cm³/mol. The summed E-state index contributed by atoms with van der Waals surface area (Å²) in [6.07, 6.45) is 13.7. The molecule has 0 unspecified atom stereocenters. The molecule has 0 bridgehead atoms. The standard InChI is InChI=1S/C20H26N2O3.C15H16N2O3/c1-4-5-6-7-8-25-19-11-17-16(10-18(19)24-3)20(23)22-13-14(2)9-15(22)12-21-17;1-9-4-10-7-16-12-6-14(20-3)13(19-2)5-11(12)15(18)17(10)8-9/h10-13,15H,4-9H2,1-3H3;5-8,10H,4H2,1-3H3/t15-;10-/m00/s1. The van der Waals surface area contributed by atoms with Crippen molar-refractivity contribution in [3.8, 4) is 23.0 Å². The Morgan fingerprint density at radius 3 is 1.64 bits per heavy atom. The number of amides is 2. The van der Waals surface area contributed by atoms with Gasteiger partial charge in [0, 0.05) is 37.0 Å². The van der Waals surface area contributed by atoms with Crippen LogP contribution in [0.5, 0.6) is 23.0 Å². The maximum absolute atomic E-state index is 12.9. The molecule has 0 aliphatic carbocycles. The largest absolute Gasteiger partial charge is 0.493 e. The molecule has 6 rings (SSSR count). The second kappa shape index (κ2) is 14.0. The molecule has 4 aliphatic heterocycles. The molecule has 0 fully saturated rings. The van der Waals surface area contributed by atoms with Crippen LogP contribution in [0.25, 0.3) is 0 Å². The van der Waals surface area contributed by atoms with Crippen molar-refractivity contribution in [3.05, 3.63) is 58.9 Å². The van der Waals surface area contributed by atoms with Crippen LogP contribution in [0.15, 0.2) is 57.8 Å². The summed E-state index contributed by atoms with van der Waals surface area (Å²) < 4.78 is 21.9. The Labute approximate surface area is 265 Å². The van der Waals surface area contributed by atoms with Crippen molar-refractivity contribution >= 4 is 35.6 Å². The van der Waals surface area contributed by atoms with Crippen LogP contribution in [-0.4, -0.2) is 74.1 Å². The smallest absolute Gasteiger partial charge is 0.260 e. The van der Waals surface area contributed by atoms with E-state index < -0.39 is 0 Å². The molecule has 0 saturated heterocycles. The molecule has 0 spiro atoms. The van der Waals surface area contributed by atoms with Crippen molar-refractivity contribution in [1.29, 1.82) is 0 Å². The molecule has 0 radical (unpaired) electrons. The van der Waals surface area contributed by atoms with E-state index in [1.54, 1.807) is 49.3 Å². The summed E-state index contributed by atoms with van der Waals surface area (Å²) in [5.41, 5.74) is 4.72. The van der Waals surface area contributed by atoms with Gasteiger partial charge in [-0.05, 0) is 45.2 Å². The molecule has 2 atom stereocenters. The molecule has 0 saturated carbocycles. The molecule has 2 amide bonds. The van der Waals surface area contributed by atoms with Gasteiger partial charge in [-0.15, -0.1) is 0 Å². The lowest BCUT2D eigenvalue weighted by molar-refractivity contribution is 0.0809. The topological polar surface area (TPSA) is 102 Å². The number of ether oxygens (including phenoxy) is 4. The average Bonchev–Trinajstić information content (AvgIpc) is 3.55. The molecule has 10 nitrogen and oxygen atoms in total. The molecule has 0 N–H and O–H groups in total. The van der Waals surface area contributed by atoms with Gasteiger partial charge in [-0.1, -0.05) is 37.3 Å². The van der Waals surface area contributed by atoms with E-state index in [1.807, 2.05) is 44.7 Å². The van der Waals surface area contributed by atoms with Crippen LogP contribution in [0.3, 0.4) is 0 Å². The molecule has 4 aliphatic rings. The number of hydrogen-bond donors (Lipinski definition) is 0. The number of hydrogen-bond acceptors (Lipinski definition) is 8. The Kier molecular flexibility index (Phi) is 9.90. The molecular formula is C35H42N4O6. The number of unbranched alkanes of at least 4 members (excludes halogenated alkanes) is 3. The van der Waals surface area contributed by atoms with Crippen molar-refractivity contribution in [2.24, 2.45) is 9.98 Å². The zero-order valence-corrected chi connectivity index (χ0v) is 27.0. The molecular weight excluding hydrogens is 572 g/mol. The summed E-state index contributed by atoms with van der Waals surface area (Å²) in [6.45, 7) is 6.88. The normalized spacial score (nSPS) is 19.2. The highest BCUT2D eigenvalue weighted by molar-refractivity contribution is 6.05. The summed E-state index contributed by atoms with van der Waals surface area (Å²) in [7, 11) is 4.72. The lowest BCUT2D eigenvalue weighted by atomic mass is 10.1. The summed E-state index contributed by atoms with van der Waals surface area (Å²) in [5.74, 6) is 2.24. The summed E-state index contributed by atoms with van der Waals surface area (Å²) in [4.78, 5) is 38.0. The van der Waals surface area contributed by atoms with Gasteiger partial charge in [-0.25, -0.2) is 0 Å². The monoisotopic (exact) mass is 614 g/mol. The fraction of sp³-hybridized carbons (Fsp3) is 0.429. The van der Waals surface area contributed by atoms with Crippen LogP contribution >= 0.6 is 0 Å². The molecule has 45 heavy (non-hydrogen) atoms. The van der Waals surface area contributed by atoms with Crippen LogP contribution in [0, 0.1) is 0 Å². The van der Waals surface area contributed by atoms with Crippen molar-refractivity contribution in [2.45, 2.75) is 71.4 Å². The molecule has 2 aromatic rings. The van der Waals surface area contributed by atoms with Gasteiger partial charge < -0.3 is 28.7 Å². The first-order valence-corrected chi connectivity index (χ1v) is 15.5. The van der Waals surface area contributed by atoms with E-state index in [1.165, 1.54) is 24.0 Å². The minimum absolute atomic E-state index is 0.00399. The van der Waals surface area contributed by atoms with E-state index in [9.17, 15) is 9.59 Å². The van der Waals surface area contributed by atoms with Gasteiger partial charge in [0.1, 0.15) is 0 Å². The zero-order chi connectivity index (χ0) is 32.1. The Morgan fingerprint density at radius 2 is 1.16 bits per heavy atom. The molecule has 2 aromatic carbocycles. The maximum atomic E-state index is 12.9. The van der Waals surface area contributed by atoms with Gasteiger partial charge in [0.2, 0.25) is 0 Å². The van der Waals surface area contributed by atoms with E-state index in [0.717, 1.165) is 25.7 Å². The van der Waals surface area contributed by atoms with Crippen LogP contribution < -0.4 is 18.9 Å². The fourth-order valence-corrected chi connectivity index (χ4v) is 5.86. The molecule has 10 heteroatoms. The highest BCUT2D eigenvalue weighted by atomic mass is 16.5. The second-order valence-electron chi connectivity index (χ2n) is 11.6. The van der Waals surface area contributed by atoms with Crippen molar-refractivity contribution in [1.82, 2.24) is 9.80 Å². The highest BCUT2D eigenvalue weighted by Crippen LogP contribution is 2.39. The number of carbonyl (C=O) groups excluding carboxylic acids is 2. The number of benzene rings is 2. The van der Waals surface area contributed by atoms with Crippen LogP contribution in [0.1, 0.15) is 80.0 Å². The first-order chi connectivity index (χ1) is 21.8. The maximum Gasteiger partial charge on any atom is 0.260 e. The first-order valence-electron chi connectivity index (χ1n) is 15.5. The lowest BCUT2D eigenvalue weighted by Crippen LogP contribution is -2.32. The average molecular weight is 615 g/mol. The predicted octanol–water partition coefficient (Wildman–Crippen LogP) is 7.03. The van der Waals surface area contributed by atoms with E-state index in [2.05, 4.69) is 16.9 Å². The van der Waals surface area contributed by atoms with E-state index in [-0.39, 0.29) is 23.9 Å². The Balaban J connectivity index is 0.000000182. The number of methoxy groups -OCH3 is 3. The van der Waals surface area contributed by atoms with Crippen molar-refractivity contribution < 1.29 is 28.5 Å². The number of carbonyl (C=O) groups is 2. The second-order valence-corrected chi connectivity index (χ2v) is 11.6. The Hall–Kier alpha value is -4.60. The Bertz CT molecular complexity index is 1580. The summed E-state index contributed by atoms with van der Waals surface area (Å²) >= 11 is 0. The SMILES string of the molecule is CCCCCCOc1cc2c(cc1OC)C(=O)N1C=C(C)C[C@H]1C=N2.COc1cc2c(cc1OC)C(=O)N1C=C(C)C[C@H]1C=N2. The third-order valence-electron chi connectivity index (χ3n) is 8.24. The van der Waals surface area contributed by atoms with Gasteiger partial charge in [0.25, 0.3) is 11.8 Å². The number of rotatable bonds is 9. The van der Waals surface area contributed by atoms with Crippen LogP contribution in [-0.2, 0) is 0 Å². The van der Waals surface area contributed by atoms with Crippen molar-refractivity contribution in [2.75, 3.05) is 27.9 Å². The van der Waals surface area contributed by atoms with Gasteiger partial charge in [-0.3, -0.25) is 19.6 Å². The molecule has 0 aromatic heterocycles. The van der Waals surface area contributed by atoms with Crippen LogP contribution in [0.4, 0.5) is 11.4 Å². The third kappa shape index (κ3) is 6.74. The highest BCUT2D eigenvalue weighted by Gasteiger charge is 2.33.